The highest BCUT2D eigenvalue weighted by atomic mass is 16.5. The molecule has 0 spiro atoms. The Bertz CT molecular complexity index is 438. The van der Waals surface area contributed by atoms with Crippen molar-refractivity contribution < 1.29 is 15.1 Å². The molecule has 2 heterocycles. The number of rotatable bonds is 3. The first-order valence-corrected chi connectivity index (χ1v) is 5.67. The molecule has 1 unspecified atom stereocenters. The Labute approximate surface area is 104 Å². The van der Waals surface area contributed by atoms with E-state index in [9.17, 15) is 0 Å². The fourth-order valence-electron chi connectivity index (χ4n) is 1.83. The summed E-state index contributed by atoms with van der Waals surface area (Å²) in [6.07, 6.45) is -0.201. The zero-order valence-corrected chi connectivity index (χ0v) is 9.86. The number of nitrogens with zero attached hydrogens (tertiary/aromatic N) is 3. The summed E-state index contributed by atoms with van der Waals surface area (Å²) in [6.45, 7) is 1.80. The van der Waals surface area contributed by atoms with E-state index in [1.54, 1.807) is 12.1 Å². The molecule has 98 valence electrons. The Morgan fingerprint density at radius 1 is 1.61 bits per heavy atom. The van der Waals surface area contributed by atoms with Crippen LogP contribution in [0.15, 0.2) is 23.4 Å². The molecule has 0 aromatic carbocycles. The van der Waals surface area contributed by atoms with Gasteiger partial charge in [0.2, 0.25) is 0 Å². The van der Waals surface area contributed by atoms with Gasteiger partial charge in [0.1, 0.15) is 11.5 Å². The number of hydrogen-bond acceptors (Lipinski definition) is 6. The molecular weight excluding hydrogens is 236 g/mol. The third kappa shape index (κ3) is 2.69. The minimum Gasteiger partial charge on any atom is -0.409 e. The van der Waals surface area contributed by atoms with Gasteiger partial charge in [-0.15, -0.1) is 0 Å². The summed E-state index contributed by atoms with van der Waals surface area (Å²) >= 11 is 0. The Hall–Kier alpha value is -1.86. The minimum atomic E-state index is -0.201. The van der Waals surface area contributed by atoms with Crippen molar-refractivity contribution in [1.29, 1.82) is 0 Å². The normalized spacial score (nSPS) is 21.1. The summed E-state index contributed by atoms with van der Waals surface area (Å²) in [6, 6.07) is 5.30. The van der Waals surface area contributed by atoms with Crippen molar-refractivity contribution in [2.24, 2.45) is 10.9 Å². The molecular formula is C11H16N4O3. The van der Waals surface area contributed by atoms with E-state index in [0.29, 0.717) is 25.4 Å². The van der Waals surface area contributed by atoms with Crippen molar-refractivity contribution in [3.8, 4) is 0 Å². The van der Waals surface area contributed by atoms with Crippen LogP contribution in [0.4, 0.5) is 5.82 Å². The van der Waals surface area contributed by atoms with Gasteiger partial charge in [-0.25, -0.2) is 4.98 Å². The summed E-state index contributed by atoms with van der Waals surface area (Å²) in [5.74, 6) is 0.699. The van der Waals surface area contributed by atoms with Gasteiger partial charge in [0.15, 0.2) is 5.84 Å². The van der Waals surface area contributed by atoms with Crippen LogP contribution in [-0.4, -0.2) is 53.5 Å². The van der Waals surface area contributed by atoms with Gasteiger partial charge in [-0.2, -0.15) is 0 Å². The van der Waals surface area contributed by atoms with Crippen molar-refractivity contribution in [3.05, 3.63) is 23.9 Å². The molecule has 0 bridgehead atoms. The molecule has 0 aliphatic carbocycles. The van der Waals surface area contributed by atoms with Crippen LogP contribution in [-0.2, 0) is 4.74 Å². The lowest BCUT2D eigenvalue weighted by Crippen LogP contribution is -2.44. The number of aliphatic hydroxyl groups excluding tert-OH is 1. The van der Waals surface area contributed by atoms with Crippen molar-refractivity contribution in [3.63, 3.8) is 0 Å². The molecule has 1 saturated heterocycles. The van der Waals surface area contributed by atoms with Gasteiger partial charge in [-0.05, 0) is 12.1 Å². The molecule has 18 heavy (non-hydrogen) atoms. The number of amidine groups is 1. The molecule has 4 N–H and O–H groups in total. The Morgan fingerprint density at radius 2 is 2.44 bits per heavy atom. The van der Waals surface area contributed by atoms with E-state index < -0.39 is 0 Å². The number of aromatic nitrogens is 1. The lowest BCUT2D eigenvalue weighted by Gasteiger charge is -2.32. The van der Waals surface area contributed by atoms with Crippen molar-refractivity contribution in [2.45, 2.75) is 6.10 Å². The first-order valence-electron chi connectivity index (χ1n) is 5.67. The smallest absolute Gasteiger partial charge is 0.188 e. The van der Waals surface area contributed by atoms with Gasteiger partial charge in [-0.3, -0.25) is 0 Å². The zero-order valence-electron chi connectivity index (χ0n) is 9.86. The summed E-state index contributed by atoms with van der Waals surface area (Å²) < 4.78 is 5.37. The molecule has 2 rings (SSSR count). The SMILES string of the molecule is N/C(=N/O)c1cccc(N2CCOC(CO)C2)n1. The number of oxime groups is 1. The number of nitrogens with two attached hydrogens (primary N) is 1. The van der Waals surface area contributed by atoms with Crippen molar-refractivity contribution in [2.75, 3.05) is 31.2 Å². The third-order valence-electron chi connectivity index (χ3n) is 2.77. The van der Waals surface area contributed by atoms with Gasteiger partial charge in [0, 0.05) is 13.1 Å². The van der Waals surface area contributed by atoms with Crippen LogP contribution in [0, 0.1) is 0 Å². The van der Waals surface area contributed by atoms with Gasteiger partial charge in [0.05, 0.1) is 19.3 Å². The third-order valence-corrected chi connectivity index (χ3v) is 2.77. The van der Waals surface area contributed by atoms with Crippen LogP contribution >= 0.6 is 0 Å². The quantitative estimate of drug-likeness (QED) is 0.286. The molecule has 0 saturated carbocycles. The van der Waals surface area contributed by atoms with E-state index in [4.69, 9.17) is 20.8 Å². The number of hydrogen-bond donors (Lipinski definition) is 3. The average molecular weight is 252 g/mol. The second-order valence-electron chi connectivity index (χ2n) is 3.99. The highest BCUT2D eigenvalue weighted by molar-refractivity contribution is 5.95. The highest BCUT2D eigenvalue weighted by Gasteiger charge is 2.21. The second-order valence-corrected chi connectivity index (χ2v) is 3.99. The molecule has 1 aliphatic rings. The van der Waals surface area contributed by atoms with Crippen molar-refractivity contribution >= 4 is 11.7 Å². The highest BCUT2D eigenvalue weighted by Crippen LogP contribution is 2.15. The van der Waals surface area contributed by atoms with E-state index >= 15 is 0 Å². The van der Waals surface area contributed by atoms with Gasteiger partial charge < -0.3 is 25.7 Å². The Morgan fingerprint density at radius 3 is 3.17 bits per heavy atom. The lowest BCUT2D eigenvalue weighted by molar-refractivity contribution is 0.00336. The Balaban J connectivity index is 2.17. The number of morpholine rings is 1. The molecule has 0 radical (unpaired) electrons. The number of pyridine rings is 1. The molecule has 7 heteroatoms. The average Bonchev–Trinajstić information content (AvgIpc) is 2.46. The maximum atomic E-state index is 9.09. The number of aliphatic hydroxyl groups is 1. The second kappa shape index (κ2) is 5.65. The number of anilines is 1. The molecule has 1 fully saturated rings. The molecule has 0 amide bonds. The summed E-state index contributed by atoms with van der Waals surface area (Å²) in [5, 5.41) is 20.6. The molecule has 1 aliphatic heterocycles. The maximum Gasteiger partial charge on any atom is 0.188 e. The summed E-state index contributed by atoms with van der Waals surface area (Å²) in [4.78, 5) is 6.31. The van der Waals surface area contributed by atoms with Crippen LogP contribution in [0.1, 0.15) is 5.69 Å². The number of ether oxygens (including phenoxy) is 1. The van der Waals surface area contributed by atoms with E-state index in [1.165, 1.54) is 0 Å². The van der Waals surface area contributed by atoms with E-state index in [-0.39, 0.29) is 18.5 Å². The fourth-order valence-corrected chi connectivity index (χ4v) is 1.83. The van der Waals surface area contributed by atoms with E-state index in [0.717, 1.165) is 5.82 Å². The van der Waals surface area contributed by atoms with Crippen molar-refractivity contribution in [1.82, 2.24) is 4.98 Å². The minimum absolute atomic E-state index is 0.0174. The predicted octanol–water partition coefficient (Wildman–Crippen LogP) is -0.626. The van der Waals surface area contributed by atoms with Gasteiger partial charge in [-0.1, -0.05) is 11.2 Å². The van der Waals surface area contributed by atoms with Crippen LogP contribution in [0.5, 0.6) is 0 Å². The predicted molar refractivity (Wildman–Crippen MR) is 65.8 cm³/mol. The first-order chi connectivity index (χ1) is 8.74. The van der Waals surface area contributed by atoms with Crippen LogP contribution in [0.25, 0.3) is 0 Å². The van der Waals surface area contributed by atoms with Gasteiger partial charge >= 0.3 is 0 Å². The first kappa shape index (κ1) is 12.6. The zero-order chi connectivity index (χ0) is 13.0. The van der Waals surface area contributed by atoms with E-state index in [1.807, 2.05) is 11.0 Å². The van der Waals surface area contributed by atoms with Gasteiger partial charge in [0.25, 0.3) is 0 Å². The molecule has 1 aromatic rings. The summed E-state index contributed by atoms with van der Waals surface area (Å²) in [7, 11) is 0. The van der Waals surface area contributed by atoms with Crippen LogP contribution in [0.3, 0.4) is 0 Å². The Kier molecular flexibility index (Phi) is 3.96. The van der Waals surface area contributed by atoms with Crippen LogP contribution in [0.2, 0.25) is 0 Å². The monoisotopic (exact) mass is 252 g/mol. The molecule has 1 aromatic heterocycles. The lowest BCUT2D eigenvalue weighted by atomic mass is 10.2. The standard InChI is InChI=1S/C11H16N4O3/c12-11(14-17)9-2-1-3-10(13-9)15-4-5-18-8(6-15)7-16/h1-3,8,16-17H,4-7H2,(H2,12,14). The van der Waals surface area contributed by atoms with Crippen LogP contribution < -0.4 is 10.6 Å². The topological polar surface area (TPSA) is 104 Å². The summed E-state index contributed by atoms with van der Waals surface area (Å²) in [5.41, 5.74) is 5.92. The molecule has 1 atom stereocenters. The molecule has 7 nitrogen and oxygen atoms in total. The maximum absolute atomic E-state index is 9.09. The van der Waals surface area contributed by atoms with E-state index in [2.05, 4.69) is 10.1 Å². The fraction of sp³-hybridized carbons (Fsp3) is 0.455. The largest absolute Gasteiger partial charge is 0.409 e.